The van der Waals surface area contributed by atoms with Gasteiger partial charge in [0.1, 0.15) is 17.8 Å². The van der Waals surface area contributed by atoms with Crippen LogP contribution in [0.3, 0.4) is 0 Å². The SMILES string of the molecule is Cc1cc(N(C2CC2)C2CCN(C(=O)c3cc(C4CC4)[nH]n3)CC2)ncn1. The van der Waals surface area contributed by atoms with Crippen LogP contribution in [0.15, 0.2) is 18.5 Å². The van der Waals surface area contributed by atoms with Gasteiger partial charge in [0.25, 0.3) is 5.91 Å². The number of aromatic amines is 1. The van der Waals surface area contributed by atoms with Gasteiger partial charge in [-0.05, 0) is 51.5 Å². The second-order valence-electron chi connectivity index (χ2n) is 8.16. The highest BCUT2D eigenvalue weighted by atomic mass is 16.2. The van der Waals surface area contributed by atoms with Gasteiger partial charge in [-0.1, -0.05) is 0 Å². The summed E-state index contributed by atoms with van der Waals surface area (Å²) in [5, 5.41) is 7.30. The molecule has 2 aromatic rings. The Morgan fingerprint density at radius 3 is 2.48 bits per heavy atom. The number of rotatable bonds is 5. The standard InChI is InChI=1S/C20H26N6O/c1-13-10-19(22-12-21-13)26(15-4-5-15)16-6-8-25(9-7-16)20(27)18-11-17(23-24-18)14-2-3-14/h10-12,14-16H,2-9H2,1H3,(H,23,24). The molecule has 7 nitrogen and oxygen atoms in total. The van der Waals surface area contributed by atoms with Crippen LogP contribution < -0.4 is 4.90 Å². The molecule has 2 saturated carbocycles. The zero-order valence-corrected chi connectivity index (χ0v) is 15.8. The average molecular weight is 366 g/mol. The maximum absolute atomic E-state index is 12.8. The van der Waals surface area contributed by atoms with Crippen LogP contribution >= 0.6 is 0 Å². The van der Waals surface area contributed by atoms with E-state index in [-0.39, 0.29) is 5.91 Å². The molecule has 2 aliphatic carbocycles. The molecular weight excluding hydrogens is 340 g/mol. The first-order valence-corrected chi connectivity index (χ1v) is 10.1. The van der Waals surface area contributed by atoms with E-state index in [1.165, 1.54) is 25.7 Å². The van der Waals surface area contributed by atoms with Crippen LogP contribution in [0.2, 0.25) is 0 Å². The number of piperidine rings is 1. The van der Waals surface area contributed by atoms with Gasteiger partial charge in [-0.2, -0.15) is 5.10 Å². The second-order valence-corrected chi connectivity index (χ2v) is 8.16. The quantitative estimate of drug-likeness (QED) is 0.880. The molecule has 3 heterocycles. The van der Waals surface area contributed by atoms with E-state index in [9.17, 15) is 4.79 Å². The first kappa shape index (κ1) is 16.7. The third-order valence-corrected chi connectivity index (χ3v) is 5.97. The average Bonchev–Trinajstić information content (AvgIpc) is 3.62. The molecule has 0 aromatic carbocycles. The van der Waals surface area contributed by atoms with Crippen molar-refractivity contribution in [1.29, 1.82) is 0 Å². The van der Waals surface area contributed by atoms with E-state index < -0.39 is 0 Å². The Labute approximate surface area is 159 Å². The lowest BCUT2D eigenvalue weighted by Gasteiger charge is -2.39. The number of nitrogens with zero attached hydrogens (tertiary/aromatic N) is 5. The lowest BCUT2D eigenvalue weighted by Crippen LogP contribution is -2.48. The largest absolute Gasteiger partial charge is 0.350 e. The molecule has 1 N–H and O–H groups in total. The van der Waals surface area contributed by atoms with Gasteiger partial charge in [0.05, 0.1) is 0 Å². The van der Waals surface area contributed by atoms with Crippen molar-refractivity contribution in [2.24, 2.45) is 0 Å². The van der Waals surface area contributed by atoms with Crippen molar-refractivity contribution in [2.45, 2.75) is 63.5 Å². The highest BCUT2D eigenvalue weighted by molar-refractivity contribution is 5.92. The molecule has 0 spiro atoms. The number of aromatic nitrogens is 4. The fraction of sp³-hybridized carbons (Fsp3) is 0.600. The lowest BCUT2D eigenvalue weighted by atomic mass is 10.0. The molecule has 1 saturated heterocycles. The Bertz CT molecular complexity index is 833. The minimum Gasteiger partial charge on any atom is -0.350 e. The van der Waals surface area contributed by atoms with Crippen molar-refractivity contribution in [3.63, 3.8) is 0 Å². The number of carbonyl (C=O) groups excluding carboxylic acids is 1. The molecule has 0 radical (unpaired) electrons. The highest BCUT2D eigenvalue weighted by Gasteiger charge is 2.37. The Morgan fingerprint density at radius 2 is 1.81 bits per heavy atom. The van der Waals surface area contributed by atoms with Crippen LogP contribution in [-0.2, 0) is 0 Å². The van der Waals surface area contributed by atoms with Crippen LogP contribution in [0, 0.1) is 6.92 Å². The number of hydrogen-bond acceptors (Lipinski definition) is 5. The fourth-order valence-electron chi connectivity index (χ4n) is 4.17. The van der Waals surface area contributed by atoms with E-state index >= 15 is 0 Å². The van der Waals surface area contributed by atoms with E-state index in [0.29, 0.717) is 23.7 Å². The van der Waals surface area contributed by atoms with Gasteiger partial charge in [0.15, 0.2) is 0 Å². The number of amides is 1. The summed E-state index contributed by atoms with van der Waals surface area (Å²) >= 11 is 0. The summed E-state index contributed by atoms with van der Waals surface area (Å²) in [5.41, 5.74) is 2.69. The Hall–Kier alpha value is -2.44. The lowest BCUT2D eigenvalue weighted by molar-refractivity contribution is 0.0706. The van der Waals surface area contributed by atoms with Crippen molar-refractivity contribution >= 4 is 11.7 Å². The van der Waals surface area contributed by atoms with E-state index in [2.05, 4.69) is 31.1 Å². The first-order valence-electron chi connectivity index (χ1n) is 10.1. The van der Waals surface area contributed by atoms with E-state index in [1.54, 1.807) is 6.33 Å². The van der Waals surface area contributed by atoms with Gasteiger partial charge in [0.2, 0.25) is 0 Å². The monoisotopic (exact) mass is 366 g/mol. The fourth-order valence-corrected chi connectivity index (χ4v) is 4.17. The molecular formula is C20H26N6O. The predicted octanol–water partition coefficient (Wildman–Crippen LogP) is 2.66. The molecule has 1 amide bonds. The van der Waals surface area contributed by atoms with E-state index in [0.717, 1.165) is 43.1 Å². The third-order valence-electron chi connectivity index (χ3n) is 5.97. The number of likely N-dealkylation sites (tertiary alicyclic amines) is 1. The van der Waals surface area contributed by atoms with Crippen LogP contribution in [0.4, 0.5) is 5.82 Å². The van der Waals surface area contributed by atoms with Gasteiger partial charge in [0, 0.05) is 48.5 Å². The van der Waals surface area contributed by atoms with Crippen molar-refractivity contribution in [2.75, 3.05) is 18.0 Å². The molecule has 0 unspecified atom stereocenters. The van der Waals surface area contributed by atoms with E-state index in [1.807, 2.05) is 17.9 Å². The van der Waals surface area contributed by atoms with Gasteiger partial charge in [-0.15, -0.1) is 0 Å². The zero-order valence-electron chi connectivity index (χ0n) is 15.8. The number of hydrogen-bond donors (Lipinski definition) is 1. The van der Waals surface area contributed by atoms with Crippen LogP contribution in [0.5, 0.6) is 0 Å². The Morgan fingerprint density at radius 1 is 1.07 bits per heavy atom. The molecule has 5 rings (SSSR count). The van der Waals surface area contributed by atoms with Crippen molar-refractivity contribution in [3.05, 3.63) is 35.5 Å². The minimum absolute atomic E-state index is 0.0625. The van der Waals surface area contributed by atoms with Gasteiger partial charge >= 0.3 is 0 Å². The van der Waals surface area contributed by atoms with Crippen molar-refractivity contribution < 1.29 is 4.79 Å². The van der Waals surface area contributed by atoms with Crippen LogP contribution in [-0.4, -0.2) is 56.1 Å². The normalized spacial score (nSPS) is 20.7. The van der Waals surface area contributed by atoms with Gasteiger partial charge in [-0.25, -0.2) is 9.97 Å². The topological polar surface area (TPSA) is 78.0 Å². The molecule has 3 fully saturated rings. The molecule has 7 heteroatoms. The van der Waals surface area contributed by atoms with Gasteiger partial charge in [-0.3, -0.25) is 9.89 Å². The van der Waals surface area contributed by atoms with Gasteiger partial charge < -0.3 is 9.80 Å². The smallest absolute Gasteiger partial charge is 0.274 e. The summed E-state index contributed by atoms with van der Waals surface area (Å²) in [6, 6.07) is 5.07. The maximum Gasteiger partial charge on any atom is 0.274 e. The van der Waals surface area contributed by atoms with Crippen molar-refractivity contribution in [3.8, 4) is 0 Å². The predicted molar refractivity (Wildman–Crippen MR) is 102 cm³/mol. The molecule has 2 aromatic heterocycles. The Kier molecular flexibility index (Phi) is 4.10. The molecule has 0 bridgehead atoms. The number of H-pyrrole nitrogens is 1. The molecule has 0 atom stereocenters. The molecule has 142 valence electrons. The summed E-state index contributed by atoms with van der Waals surface area (Å²) in [5.74, 6) is 1.69. The number of nitrogens with one attached hydrogen (secondary N) is 1. The molecule has 1 aliphatic heterocycles. The Balaban J connectivity index is 1.25. The van der Waals surface area contributed by atoms with Crippen molar-refractivity contribution in [1.82, 2.24) is 25.1 Å². The second kappa shape index (κ2) is 6.62. The van der Waals surface area contributed by atoms with Crippen LogP contribution in [0.1, 0.15) is 66.3 Å². The van der Waals surface area contributed by atoms with Crippen LogP contribution in [0.25, 0.3) is 0 Å². The zero-order chi connectivity index (χ0) is 18.4. The molecule has 27 heavy (non-hydrogen) atoms. The first-order chi connectivity index (χ1) is 13.2. The number of anilines is 1. The maximum atomic E-state index is 12.8. The summed E-state index contributed by atoms with van der Waals surface area (Å²) in [6.45, 7) is 3.57. The summed E-state index contributed by atoms with van der Waals surface area (Å²) < 4.78 is 0. The number of aryl methyl sites for hydroxylation is 1. The third kappa shape index (κ3) is 3.42. The summed E-state index contributed by atoms with van der Waals surface area (Å²) in [7, 11) is 0. The summed E-state index contributed by atoms with van der Waals surface area (Å²) in [4.78, 5) is 26.0. The minimum atomic E-state index is 0.0625. The van der Waals surface area contributed by atoms with E-state index in [4.69, 9.17) is 0 Å². The molecule has 3 aliphatic rings. The highest BCUT2D eigenvalue weighted by Crippen LogP contribution is 2.39. The number of carbonyl (C=O) groups is 1. The summed E-state index contributed by atoms with van der Waals surface area (Å²) in [6.07, 6.45) is 8.50.